The molecule has 4 atom stereocenters. The lowest BCUT2D eigenvalue weighted by Crippen LogP contribution is -2.30. The first-order valence-electron chi connectivity index (χ1n) is 10.2. The lowest BCUT2D eigenvalue weighted by atomic mass is 10.1. The Balaban J connectivity index is 1.43. The van der Waals surface area contributed by atoms with E-state index in [0.29, 0.717) is 41.2 Å². The Hall–Kier alpha value is -2.43. The molecule has 2 fully saturated rings. The molecule has 0 saturated carbocycles. The maximum atomic E-state index is 14.5. The molecule has 0 spiro atoms. The molecule has 1 N–H and O–H groups in total. The largest absolute Gasteiger partial charge is 0.493 e. The van der Waals surface area contributed by atoms with Crippen molar-refractivity contribution < 1.29 is 28.1 Å². The van der Waals surface area contributed by atoms with Crippen LogP contribution in [-0.2, 0) is 14.2 Å². The van der Waals surface area contributed by atoms with E-state index in [9.17, 15) is 4.39 Å². The van der Waals surface area contributed by atoms with E-state index in [1.165, 1.54) is 25.6 Å². The summed E-state index contributed by atoms with van der Waals surface area (Å²) >= 11 is 11.8. The minimum absolute atomic E-state index is 0.0781. The number of ether oxygens (including phenoxy) is 5. The average Bonchev–Trinajstić information content (AvgIpc) is 3.39. The molecule has 2 aliphatic heterocycles. The molecule has 3 aromatic rings. The SMILES string of the molecule is COc1cc2c(Nc3ccc(Cl)c(Cl)c3F)ncnc2cc1O[C@@H]1C[C@H]2OC[C@H](OC)[C@H]2O1. The maximum Gasteiger partial charge on any atom is 0.203 e. The van der Waals surface area contributed by atoms with E-state index in [1.807, 2.05) is 0 Å². The third-order valence-electron chi connectivity index (χ3n) is 5.71. The highest BCUT2D eigenvalue weighted by molar-refractivity contribution is 6.42. The number of nitrogens with one attached hydrogen (secondary N) is 1. The molecular weight excluding hydrogens is 476 g/mol. The Bertz CT molecular complexity index is 1200. The summed E-state index contributed by atoms with van der Waals surface area (Å²) in [6.07, 6.45) is 1.04. The molecule has 3 heterocycles. The van der Waals surface area contributed by atoms with Gasteiger partial charge in [-0.15, -0.1) is 0 Å². The van der Waals surface area contributed by atoms with Crippen LogP contribution < -0.4 is 14.8 Å². The number of methoxy groups -OCH3 is 2. The lowest BCUT2D eigenvalue weighted by Gasteiger charge is -2.19. The van der Waals surface area contributed by atoms with Gasteiger partial charge in [-0.25, -0.2) is 14.4 Å². The average molecular weight is 496 g/mol. The fraction of sp³-hybridized carbons (Fsp3) is 0.364. The molecule has 2 saturated heterocycles. The Labute approximate surface area is 198 Å². The summed E-state index contributed by atoms with van der Waals surface area (Å²) < 4.78 is 43.3. The minimum Gasteiger partial charge on any atom is -0.493 e. The summed E-state index contributed by atoms with van der Waals surface area (Å²) in [4.78, 5) is 8.56. The molecular formula is C22H20Cl2FN3O5. The molecule has 0 bridgehead atoms. The number of hydrogen-bond acceptors (Lipinski definition) is 8. The molecule has 0 unspecified atom stereocenters. The van der Waals surface area contributed by atoms with Crippen LogP contribution in [0, 0.1) is 5.82 Å². The van der Waals surface area contributed by atoms with Crippen LogP contribution in [0.3, 0.4) is 0 Å². The smallest absolute Gasteiger partial charge is 0.203 e. The summed E-state index contributed by atoms with van der Waals surface area (Å²) in [6.45, 7) is 0.504. The van der Waals surface area contributed by atoms with E-state index in [2.05, 4.69) is 15.3 Å². The molecule has 1 aromatic heterocycles. The van der Waals surface area contributed by atoms with Gasteiger partial charge in [-0.3, -0.25) is 0 Å². The zero-order chi connectivity index (χ0) is 23.1. The first-order chi connectivity index (χ1) is 16.0. The van der Waals surface area contributed by atoms with Gasteiger partial charge in [0.15, 0.2) is 17.3 Å². The van der Waals surface area contributed by atoms with Crippen molar-refractivity contribution in [2.24, 2.45) is 0 Å². The molecule has 5 rings (SSSR count). The van der Waals surface area contributed by atoms with Crippen molar-refractivity contribution in [3.8, 4) is 11.5 Å². The highest BCUT2D eigenvalue weighted by atomic mass is 35.5. The number of nitrogens with zero attached hydrogens (tertiary/aromatic N) is 2. The first-order valence-corrected chi connectivity index (χ1v) is 10.9. The van der Waals surface area contributed by atoms with Crippen LogP contribution in [0.25, 0.3) is 10.9 Å². The van der Waals surface area contributed by atoms with E-state index in [0.717, 1.165) is 0 Å². The van der Waals surface area contributed by atoms with Crippen molar-refractivity contribution in [1.29, 1.82) is 0 Å². The van der Waals surface area contributed by atoms with E-state index in [1.54, 1.807) is 19.2 Å². The van der Waals surface area contributed by atoms with E-state index < -0.39 is 12.1 Å². The van der Waals surface area contributed by atoms with Crippen molar-refractivity contribution in [3.05, 3.63) is 46.5 Å². The summed E-state index contributed by atoms with van der Waals surface area (Å²) in [5.74, 6) is 0.586. The number of hydrogen-bond donors (Lipinski definition) is 1. The van der Waals surface area contributed by atoms with Crippen LogP contribution in [0.15, 0.2) is 30.6 Å². The van der Waals surface area contributed by atoms with Gasteiger partial charge in [0, 0.05) is 25.0 Å². The van der Waals surface area contributed by atoms with Crippen LogP contribution in [-0.4, -0.2) is 55.4 Å². The summed E-state index contributed by atoms with van der Waals surface area (Å²) in [6, 6.07) is 6.42. The lowest BCUT2D eigenvalue weighted by molar-refractivity contribution is -0.108. The highest BCUT2D eigenvalue weighted by Crippen LogP contribution is 2.39. The second kappa shape index (κ2) is 9.08. The van der Waals surface area contributed by atoms with Gasteiger partial charge in [0.1, 0.15) is 24.4 Å². The molecule has 0 amide bonds. The quantitative estimate of drug-likeness (QED) is 0.491. The third-order valence-corrected chi connectivity index (χ3v) is 6.49. The number of rotatable bonds is 6. The molecule has 174 valence electrons. The summed E-state index contributed by atoms with van der Waals surface area (Å²) in [5, 5.41) is 3.49. The fourth-order valence-electron chi connectivity index (χ4n) is 4.03. The van der Waals surface area contributed by atoms with Crippen molar-refractivity contribution >= 4 is 45.6 Å². The van der Waals surface area contributed by atoms with E-state index >= 15 is 0 Å². The molecule has 2 aromatic carbocycles. The van der Waals surface area contributed by atoms with Gasteiger partial charge in [0.25, 0.3) is 0 Å². The van der Waals surface area contributed by atoms with Gasteiger partial charge in [-0.1, -0.05) is 23.2 Å². The number of aromatic nitrogens is 2. The van der Waals surface area contributed by atoms with Crippen LogP contribution in [0.1, 0.15) is 6.42 Å². The van der Waals surface area contributed by atoms with Gasteiger partial charge in [0.05, 0.1) is 41.1 Å². The molecule has 2 aliphatic rings. The second-order valence-corrected chi connectivity index (χ2v) is 8.41. The molecule has 11 heteroatoms. The highest BCUT2D eigenvalue weighted by Gasteiger charge is 2.47. The van der Waals surface area contributed by atoms with Crippen molar-refractivity contribution in [2.75, 3.05) is 26.1 Å². The fourth-order valence-corrected chi connectivity index (χ4v) is 4.34. The van der Waals surface area contributed by atoms with Crippen LogP contribution in [0.5, 0.6) is 11.5 Å². The van der Waals surface area contributed by atoms with Gasteiger partial charge in [-0.2, -0.15) is 0 Å². The number of halogens is 3. The van der Waals surface area contributed by atoms with Gasteiger partial charge in [0.2, 0.25) is 6.29 Å². The molecule has 33 heavy (non-hydrogen) atoms. The minimum atomic E-state index is -0.677. The topological polar surface area (TPSA) is 84.0 Å². The first kappa shape index (κ1) is 22.4. The number of anilines is 2. The molecule has 8 nitrogen and oxygen atoms in total. The summed E-state index contributed by atoms with van der Waals surface area (Å²) in [7, 11) is 3.16. The standard InChI is InChI=1S/C22H20Cl2FN3O5/c1-29-14-5-10-13(6-15(14)32-18-7-16-21(33-18)17(30-2)8-31-16)26-9-27-22(10)28-12-4-3-11(23)19(24)20(12)25/h3-6,9,16-18,21H,7-8H2,1-2H3,(H,26,27,28)/t16-,17+,18+,21+/m1/s1. The number of fused-ring (bicyclic) bond motifs is 2. The van der Waals surface area contributed by atoms with Gasteiger partial charge < -0.3 is 29.0 Å². The van der Waals surface area contributed by atoms with E-state index in [-0.39, 0.29) is 34.0 Å². The maximum absolute atomic E-state index is 14.5. The zero-order valence-electron chi connectivity index (χ0n) is 17.7. The Morgan fingerprint density at radius 1 is 1.15 bits per heavy atom. The van der Waals surface area contributed by atoms with Gasteiger partial charge >= 0.3 is 0 Å². The predicted octanol–water partition coefficient (Wildman–Crippen LogP) is 4.74. The van der Waals surface area contributed by atoms with Crippen molar-refractivity contribution in [1.82, 2.24) is 9.97 Å². The predicted molar refractivity (Wildman–Crippen MR) is 120 cm³/mol. The second-order valence-electron chi connectivity index (χ2n) is 7.62. The normalized spacial score (nSPS) is 24.2. The Kier molecular flexibility index (Phi) is 6.15. The molecule has 0 aliphatic carbocycles. The van der Waals surface area contributed by atoms with Gasteiger partial charge in [-0.05, 0) is 18.2 Å². The van der Waals surface area contributed by atoms with Crippen molar-refractivity contribution in [3.63, 3.8) is 0 Å². The monoisotopic (exact) mass is 495 g/mol. The van der Waals surface area contributed by atoms with Crippen LogP contribution >= 0.6 is 23.2 Å². The zero-order valence-corrected chi connectivity index (χ0v) is 19.2. The van der Waals surface area contributed by atoms with Crippen molar-refractivity contribution in [2.45, 2.75) is 31.0 Å². The third kappa shape index (κ3) is 4.15. The van der Waals surface area contributed by atoms with Crippen LogP contribution in [0.2, 0.25) is 10.0 Å². The Morgan fingerprint density at radius 3 is 2.79 bits per heavy atom. The molecule has 0 radical (unpaired) electrons. The van der Waals surface area contributed by atoms with E-state index in [4.69, 9.17) is 46.9 Å². The summed E-state index contributed by atoms with van der Waals surface area (Å²) in [5.41, 5.74) is 0.690. The van der Waals surface area contributed by atoms with Crippen LogP contribution in [0.4, 0.5) is 15.9 Å². The number of benzene rings is 2. The Morgan fingerprint density at radius 2 is 2.00 bits per heavy atom.